The first-order chi connectivity index (χ1) is 10.9. The summed E-state index contributed by atoms with van der Waals surface area (Å²) in [6.45, 7) is 0. The number of allylic oxidation sites excluding steroid dienone is 3. The van der Waals surface area contributed by atoms with Crippen molar-refractivity contribution in [2.75, 3.05) is 11.1 Å². The third kappa shape index (κ3) is 3.01. The highest BCUT2D eigenvalue weighted by atomic mass is 32.2. The zero-order valence-electron chi connectivity index (χ0n) is 12.2. The van der Waals surface area contributed by atoms with Crippen LogP contribution >= 0.6 is 0 Å². The van der Waals surface area contributed by atoms with Crippen LogP contribution in [0.1, 0.15) is 12.8 Å². The minimum absolute atomic E-state index is 0.362. The molecule has 1 aliphatic carbocycles. The molecule has 0 unspecified atom stereocenters. The molecule has 1 aliphatic rings. The van der Waals surface area contributed by atoms with Crippen LogP contribution in [0, 0.1) is 0 Å². The zero-order chi connectivity index (χ0) is 16.6. The van der Waals surface area contributed by atoms with Crippen molar-refractivity contribution < 1.29 is 18.1 Å². The van der Waals surface area contributed by atoms with Crippen molar-refractivity contribution in [1.29, 1.82) is 0 Å². The standard InChI is InChI=1S/C16H16N2O4S/c17-15-14(23(20,21)22)9-10-8-12(6-7-13(10)16(15)19)18-11-4-2-1-3-5-11/h2,4-9,18-19H,1,3,17H2,(H,20,21,22). The Balaban J connectivity index is 2.10. The molecule has 0 bridgehead atoms. The predicted octanol–water partition coefficient (Wildman–Crippen LogP) is 3.02. The number of nitrogen functional groups attached to an aromatic ring is 1. The van der Waals surface area contributed by atoms with E-state index in [1.165, 1.54) is 6.07 Å². The Morgan fingerprint density at radius 2 is 1.96 bits per heavy atom. The SMILES string of the molecule is Nc1c(S(=O)(=O)O)cc2cc(NC3=CCCC=C3)ccc2c1O. The number of phenolic OH excluding ortho intramolecular Hbond substituents is 1. The lowest BCUT2D eigenvalue weighted by atomic mass is 10.1. The van der Waals surface area contributed by atoms with Crippen molar-refractivity contribution in [2.45, 2.75) is 17.7 Å². The maximum absolute atomic E-state index is 11.4. The average molecular weight is 332 g/mol. The fraction of sp³-hybridized carbons (Fsp3) is 0.125. The summed E-state index contributed by atoms with van der Waals surface area (Å²) in [5.74, 6) is -0.363. The fourth-order valence-corrected chi connectivity index (χ4v) is 3.19. The Bertz CT molecular complexity index is 946. The van der Waals surface area contributed by atoms with Crippen LogP contribution in [0.15, 0.2) is 53.1 Å². The van der Waals surface area contributed by atoms with Gasteiger partial charge in [0.25, 0.3) is 10.1 Å². The van der Waals surface area contributed by atoms with Crippen molar-refractivity contribution in [3.8, 4) is 5.75 Å². The number of anilines is 2. The smallest absolute Gasteiger partial charge is 0.296 e. The van der Waals surface area contributed by atoms with Crippen LogP contribution in [0.25, 0.3) is 10.8 Å². The summed E-state index contributed by atoms with van der Waals surface area (Å²) in [4.78, 5) is -0.503. The molecule has 3 rings (SSSR count). The van der Waals surface area contributed by atoms with Crippen molar-refractivity contribution in [1.82, 2.24) is 0 Å². The lowest BCUT2D eigenvalue weighted by Gasteiger charge is -2.13. The summed E-state index contributed by atoms with van der Waals surface area (Å²) in [6.07, 6.45) is 8.06. The summed E-state index contributed by atoms with van der Waals surface area (Å²) in [7, 11) is -4.52. The molecule has 5 N–H and O–H groups in total. The Morgan fingerprint density at radius 1 is 1.17 bits per heavy atom. The van der Waals surface area contributed by atoms with Gasteiger partial charge in [-0.05, 0) is 48.6 Å². The van der Waals surface area contributed by atoms with Crippen molar-refractivity contribution in [2.24, 2.45) is 0 Å². The van der Waals surface area contributed by atoms with Gasteiger partial charge in [0.1, 0.15) is 10.6 Å². The summed E-state index contributed by atoms with van der Waals surface area (Å²) in [6, 6.07) is 6.34. The number of hydrogen-bond donors (Lipinski definition) is 4. The highest BCUT2D eigenvalue weighted by Crippen LogP contribution is 2.37. The topological polar surface area (TPSA) is 113 Å². The van der Waals surface area contributed by atoms with E-state index in [0.717, 1.165) is 24.2 Å². The van der Waals surface area contributed by atoms with Gasteiger partial charge in [-0.2, -0.15) is 8.42 Å². The zero-order valence-corrected chi connectivity index (χ0v) is 13.0. The van der Waals surface area contributed by atoms with Gasteiger partial charge in [0.15, 0.2) is 0 Å². The molecular formula is C16H16N2O4S. The van der Waals surface area contributed by atoms with Gasteiger partial charge in [0, 0.05) is 16.8 Å². The first-order valence-electron chi connectivity index (χ1n) is 7.02. The van der Waals surface area contributed by atoms with Gasteiger partial charge in [0.05, 0.1) is 5.69 Å². The van der Waals surface area contributed by atoms with E-state index >= 15 is 0 Å². The number of phenols is 1. The Kier molecular flexibility index (Phi) is 3.75. The molecule has 0 radical (unpaired) electrons. The highest BCUT2D eigenvalue weighted by molar-refractivity contribution is 7.86. The number of benzene rings is 2. The average Bonchev–Trinajstić information content (AvgIpc) is 2.50. The molecule has 0 amide bonds. The molecule has 0 aromatic heterocycles. The van der Waals surface area contributed by atoms with Gasteiger partial charge in [-0.3, -0.25) is 4.55 Å². The van der Waals surface area contributed by atoms with Crippen LogP contribution in [0.3, 0.4) is 0 Å². The second kappa shape index (κ2) is 5.60. The lowest BCUT2D eigenvalue weighted by Crippen LogP contribution is -2.04. The van der Waals surface area contributed by atoms with Crippen molar-refractivity contribution in [3.63, 3.8) is 0 Å². The van der Waals surface area contributed by atoms with Gasteiger partial charge >= 0.3 is 0 Å². The molecule has 23 heavy (non-hydrogen) atoms. The third-order valence-electron chi connectivity index (χ3n) is 3.68. The molecule has 0 atom stereocenters. The molecule has 7 heteroatoms. The molecule has 0 spiro atoms. The van der Waals surface area contributed by atoms with Crippen LogP contribution in [0.4, 0.5) is 11.4 Å². The monoisotopic (exact) mass is 332 g/mol. The first kappa shape index (κ1) is 15.4. The molecule has 0 saturated heterocycles. The Morgan fingerprint density at radius 3 is 2.61 bits per heavy atom. The van der Waals surface area contributed by atoms with E-state index < -0.39 is 15.0 Å². The predicted molar refractivity (Wildman–Crippen MR) is 89.9 cm³/mol. The Hall–Kier alpha value is -2.51. The minimum Gasteiger partial charge on any atom is -0.505 e. The Labute approximate surface area is 133 Å². The molecule has 0 aliphatic heterocycles. The summed E-state index contributed by atoms with van der Waals surface area (Å²) >= 11 is 0. The minimum atomic E-state index is -4.52. The van der Waals surface area contributed by atoms with Gasteiger partial charge in [-0.25, -0.2) is 0 Å². The fourth-order valence-electron chi connectivity index (χ4n) is 2.54. The normalized spacial score (nSPS) is 14.7. The largest absolute Gasteiger partial charge is 0.505 e. The molecule has 6 nitrogen and oxygen atoms in total. The van der Waals surface area contributed by atoms with Crippen LogP contribution in [-0.2, 0) is 10.1 Å². The number of fused-ring (bicyclic) bond motifs is 1. The van der Waals surface area contributed by atoms with Crippen LogP contribution < -0.4 is 11.1 Å². The van der Waals surface area contributed by atoms with Gasteiger partial charge in [-0.15, -0.1) is 0 Å². The molecule has 0 fully saturated rings. The van der Waals surface area contributed by atoms with Gasteiger partial charge < -0.3 is 16.2 Å². The second-order valence-electron chi connectivity index (χ2n) is 5.31. The van der Waals surface area contributed by atoms with E-state index in [2.05, 4.69) is 17.5 Å². The third-order valence-corrected chi connectivity index (χ3v) is 4.57. The number of hydrogen-bond acceptors (Lipinski definition) is 5. The number of rotatable bonds is 3. The van der Waals surface area contributed by atoms with E-state index in [0.29, 0.717) is 10.8 Å². The lowest BCUT2D eigenvalue weighted by molar-refractivity contribution is 0.473. The second-order valence-corrected chi connectivity index (χ2v) is 6.70. The van der Waals surface area contributed by atoms with Gasteiger partial charge in [0.2, 0.25) is 0 Å². The van der Waals surface area contributed by atoms with Crippen LogP contribution in [0.2, 0.25) is 0 Å². The molecule has 2 aromatic rings. The van der Waals surface area contributed by atoms with Crippen LogP contribution in [-0.4, -0.2) is 18.1 Å². The maximum Gasteiger partial charge on any atom is 0.296 e. The quantitative estimate of drug-likeness (QED) is 0.390. The number of nitrogens with two attached hydrogens (primary N) is 1. The van der Waals surface area contributed by atoms with E-state index in [9.17, 15) is 18.1 Å². The molecule has 0 heterocycles. The summed E-state index contributed by atoms with van der Waals surface area (Å²) < 4.78 is 32.0. The van der Waals surface area contributed by atoms with E-state index in [4.69, 9.17) is 5.73 Å². The summed E-state index contributed by atoms with van der Waals surface area (Å²) in [5, 5.41) is 14.2. The highest BCUT2D eigenvalue weighted by Gasteiger charge is 2.19. The summed E-state index contributed by atoms with van der Waals surface area (Å²) in [5.41, 5.74) is 6.92. The molecule has 120 valence electrons. The maximum atomic E-state index is 11.4. The van der Waals surface area contributed by atoms with E-state index in [1.54, 1.807) is 18.2 Å². The number of aromatic hydroxyl groups is 1. The first-order valence-corrected chi connectivity index (χ1v) is 8.46. The van der Waals surface area contributed by atoms with Crippen molar-refractivity contribution in [3.05, 3.63) is 48.2 Å². The molecule has 2 aromatic carbocycles. The number of nitrogens with one attached hydrogen (secondary N) is 1. The van der Waals surface area contributed by atoms with E-state index in [-0.39, 0.29) is 11.4 Å². The molecule has 0 saturated carbocycles. The van der Waals surface area contributed by atoms with E-state index in [1.807, 2.05) is 6.08 Å². The van der Waals surface area contributed by atoms with Crippen LogP contribution in [0.5, 0.6) is 5.75 Å². The van der Waals surface area contributed by atoms with Gasteiger partial charge in [-0.1, -0.05) is 12.2 Å². The molecular weight excluding hydrogens is 316 g/mol. The van der Waals surface area contributed by atoms with Crippen molar-refractivity contribution >= 4 is 32.3 Å².